The van der Waals surface area contributed by atoms with Crippen LogP contribution in [-0.4, -0.2) is 20.7 Å². The highest BCUT2D eigenvalue weighted by molar-refractivity contribution is 5.98. The highest BCUT2D eigenvalue weighted by Gasteiger charge is 2.23. The van der Waals surface area contributed by atoms with Gasteiger partial charge in [-0.2, -0.15) is 0 Å². The molecule has 0 atom stereocenters. The molecule has 4 rings (SSSR count). The number of carbonyl (C=O) groups excluding carboxylic acids is 1. The van der Waals surface area contributed by atoms with E-state index in [4.69, 9.17) is 4.74 Å². The molecule has 5 nitrogen and oxygen atoms in total. The molecule has 1 saturated carbocycles. The molecule has 0 radical (unpaired) electrons. The molecule has 1 N–H and O–H groups in total. The van der Waals surface area contributed by atoms with Gasteiger partial charge in [-0.15, -0.1) is 0 Å². The largest absolute Gasteiger partial charge is 0.438 e. The molecular formula is C19H17N3O2. The molecular weight excluding hydrogens is 302 g/mol. The lowest BCUT2D eigenvalue weighted by molar-refractivity contribution is -0.114. The van der Waals surface area contributed by atoms with E-state index in [-0.39, 0.29) is 5.78 Å². The zero-order valence-corrected chi connectivity index (χ0v) is 13.1. The summed E-state index contributed by atoms with van der Waals surface area (Å²) in [5, 5.41) is 0.775. The van der Waals surface area contributed by atoms with Crippen molar-refractivity contribution in [1.29, 1.82) is 0 Å². The van der Waals surface area contributed by atoms with Crippen LogP contribution in [-0.2, 0) is 4.79 Å². The molecule has 2 aromatic heterocycles. The Morgan fingerprint density at radius 3 is 2.88 bits per heavy atom. The Kier molecular flexibility index (Phi) is 3.83. The Hall–Kier alpha value is -2.95. The Balaban J connectivity index is 1.63. The molecule has 0 unspecified atom stereocenters. The molecule has 2 heterocycles. The topological polar surface area (TPSA) is 67.9 Å². The van der Waals surface area contributed by atoms with Crippen LogP contribution in [0.5, 0.6) is 11.6 Å². The summed E-state index contributed by atoms with van der Waals surface area (Å²) in [6.45, 7) is 0. The van der Waals surface area contributed by atoms with Gasteiger partial charge in [0.1, 0.15) is 17.7 Å². The third kappa shape index (κ3) is 3.20. The number of ether oxygens (including phenoxy) is 1. The van der Waals surface area contributed by atoms with Crippen molar-refractivity contribution in [3.63, 3.8) is 0 Å². The van der Waals surface area contributed by atoms with E-state index >= 15 is 0 Å². The summed E-state index contributed by atoms with van der Waals surface area (Å²) in [5.74, 6) is 1.93. The molecule has 0 spiro atoms. The van der Waals surface area contributed by atoms with Crippen LogP contribution in [0.2, 0.25) is 0 Å². The molecule has 0 bridgehead atoms. The van der Waals surface area contributed by atoms with Crippen LogP contribution in [0.4, 0.5) is 0 Å². The number of benzene rings is 1. The molecule has 1 aromatic carbocycles. The lowest BCUT2D eigenvalue weighted by Crippen LogP contribution is -1.93. The molecule has 1 aliphatic rings. The number of nitrogens with one attached hydrogen (secondary N) is 1. The number of hydrogen-bond acceptors (Lipinski definition) is 4. The van der Waals surface area contributed by atoms with Gasteiger partial charge in [-0.3, -0.25) is 4.79 Å². The highest BCUT2D eigenvalue weighted by atomic mass is 16.5. The second-order valence-electron chi connectivity index (χ2n) is 6.01. The molecule has 1 fully saturated rings. The lowest BCUT2D eigenvalue weighted by atomic mass is 10.1. The number of fused-ring (bicyclic) bond motifs is 1. The third-order valence-electron chi connectivity index (χ3n) is 4.06. The Morgan fingerprint density at radius 1 is 1.25 bits per heavy atom. The number of allylic oxidation sites excluding steroid dienone is 1. The monoisotopic (exact) mass is 319 g/mol. The smallest absolute Gasteiger partial charge is 0.232 e. The van der Waals surface area contributed by atoms with E-state index in [1.807, 2.05) is 42.6 Å². The fourth-order valence-electron chi connectivity index (χ4n) is 2.62. The molecule has 0 amide bonds. The van der Waals surface area contributed by atoms with Gasteiger partial charge in [0.15, 0.2) is 5.78 Å². The number of hydrogen-bond donors (Lipinski definition) is 1. The number of aromatic amines is 1. The van der Waals surface area contributed by atoms with Crippen molar-refractivity contribution in [2.75, 3.05) is 0 Å². The maximum absolute atomic E-state index is 11.9. The summed E-state index contributed by atoms with van der Waals surface area (Å²) < 4.78 is 5.88. The summed E-state index contributed by atoms with van der Waals surface area (Å²) in [7, 11) is 0. The molecule has 5 heteroatoms. The first-order chi connectivity index (χ1) is 11.8. The number of H-pyrrole nitrogens is 1. The summed E-state index contributed by atoms with van der Waals surface area (Å²) >= 11 is 0. The van der Waals surface area contributed by atoms with Gasteiger partial charge in [0, 0.05) is 18.2 Å². The van der Waals surface area contributed by atoms with Crippen molar-refractivity contribution < 1.29 is 9.53 Å². The molecule has 120 valence electrons. The second kappa shape index (κ2) is 6.28. The number of aromatic nitrogens is 3. The van der Waals surface area contributed by atoms with Gasteiger partial charge in [0.05, 0.1) is 5.39 Å². The summed E-state index contributed by atoms with van der Waals surface area (Å²) in [4.78, 5) is 23.5. The van der Waals surface area contributed by atoms with E-state index in [0.29, 0.717) is 29.6 Å². The SMILES string of the molecule is O=C(/C=C/c1c[nH]c2ncnc(Oc3ccccc3)c12)CC1CC1. The predicted octanol–water partition coefficient (Wildman–Crippen LogP) is 4.13. The minimum absolute atomic E-state index is 0.161. The van der Waals surface area contributed by atoms with Gasteiger partial charge in [-0.1, -0.05) is 18.2 Å². The molecule has 1 aliphatic carbocycles. The van der Waals surface area contributed by atoms with E-state index in [2.05, 4.69) is 15.0 Å². The maximum atomic E-state index is 11.9. The van der Waals surface area contributed by atoms with Crippen molar-refractivity contribution in [3.05, 3.63) is 54.5 Å². The van der Waals surface area contributed by atoms with Gasteiger partial charge in [0.2, 0.25) is 5.88 Å². The number of carbonyl (C=O) groups is 1. The van der Waals surface area contributed by atoms with Crippen LogP contribution in [0.1, 0.15) is 24.8 Å². The van der Waals surface area contributed by atoms with Crippen LogP contribution < -0.4 is 4.74 Å². The predicted molar refractivity (Wildman–Crippen MR) is 91.8 cm³/mol. The van der Waals surface area contributed by atoms with Gasteiger partial charge in [0.25, 0.3) is 0 Å². The minimum Gasteiger partial charge on any atom is -0.438 e. The molecule has 0 aliphatic heterocycles. The van der Waals surface area contributed by atoms with E-state index < -0.39 is 0 Å². The van der Waals surface area contributed by atoms with Gasteiger partial charge < -0.3 is 9.72 Å². The Morgan fingerprint density at radius 2 is 2.08 bits per heavy atom. The number of ketones is 1. The summed E-state index contributed by atoms with van der Waals surface area (Å²) in [6, 6.07) is 9.48. The lowest BCUT2D eigenvalue weighted by Gasteiger charge is -2.05. The first-order valence-corrected chi connectivity index (χ1v) is 8.05. The number of rotatable bonds is 6. The maximum Gasteiger partial charge on any atom is 0.232 e. The standard InChI is InChI=1S/C19H17N3O2/c23-15(10-13-6-7-13)9-8-14-11-20-18-17(14)19(22-12-21-18)24-16-4-2-1-3-5-16/h1-5,8-9,11-13H,6-7,10H2,(H,20,21,22)/b9-8+. The Labute approximate surface area is 139 Å². The second-order valence-corrected chi connectivity index (χ2v) is 6.01. The van der Waals surface area contributed by atoms with Crippen LogP contribution >= 0.6 is 0 Å². The first kappa shape index (κ1) is 14.6. The minimum atomic E-state index is 0.161. The Bertz CT molecular complexity index is 895. The van der Waals surface area contributed by atoms with Crippen LogP contribution in [0, 0.1) is 5.92 Å². The van der Waals surface area contributed by atoms with Crippen molar-refractivity contribution in [1.82, 2.24) is 15.0 Å². The van der Waals surface area contributed by atoms with E-state index in [1.54, 1.807) is 6.08 Å². The van der Waals surface area contributed by atoms with Gasteiger partial charge in [-0.25, -0.2) is 9.97 Å². The van der Waals surface area contributed by atoms with E-state index in [9.17, 15) is 4.79 Å². The normalized spacial score (nSPS) is 14.3. The zero-order chi connectivity index (χ0) is 16.4. The van der Waals surface area contributed by atoms with Crippen LogP contribution in [0.3, 0.4) is 0 Å². The third-order valence-corrected chi connectivity index (χ3v) is 4.06. The summed E-state index contributed by atoms with van der Waals surface area (Å²) in [6.07, 6.45) is 9.72. The summed E-state index contributed by atoms with van der Waals surface area (Å²) in [5.41, 5.74) is 1.53. The average molecular weight is 319 g/mol. The number of nitrogens with zero attached hydrogens (tertiary/aromatic N) is 2. The quantitative estimate of drug-likeness (QED) is 0.694. The average Bonchev–Trinajstić information content (AvgIpc) is 3.31. The fourth-order valence-corrected chi connectivity index (χ4v) is 2.62. The highest BCUT2D eigenvalue weighted by Crippen LogP contribution is 2.33. The first-order valence-electron chi connectivity index (χ1n) is 8.05. The van der Waals surface area contributed by atoms with Gasteiger partial charge in [-0.05, 0) is 43.0 Å². The fraction of sp³-hybridized carbons (Fsp3) is 0.211. The van der Waals surface area contributed by atoms with E-state index in [0.717, 1.165) is 10.9 Å². The van der Waals surface area contributed by atoms with Crippen molar-refractivity contribution >= 4 is 22.9 Å². The molecule has 0 saturated heterocycles. The number of para-hydroxylation sites is 1. The van der Waals surface area contributed by atoms with Crippen LogP contribution in [0.15, 0.2) is 48.9 Å². The van der Waals surface area contributed by atoms with Gasteiger partial charge >= 0.3 is 0 Å². The van der Waals surface area contributed by atoms with Crippen molar-refractivity contribution in [2.24, 2.45) is 5.92 Å². The van der Waals surface area contributed by atoms with E-state index in [1.165, 1.54) is 19.2 Å². The van der Waals surface area contributed by atoms with Crippen molar-refractivity contribution in [3.8, 4) is 11.6 Å². The molecule has 3 aromatic rings. The van der Waals surface area contributed by atoms with Crippen molar-refractivity contribution in [2.45, 2.75) is 19.3 Å². The molecule has 24 heavy (non-hydrogen) atoms. The zero-order valence-electron chi connectivity index (χ0n) is 13.1. The van der Waals surface area contributed by atoms with Crippen LogP contribution in [0.25, 0.3) is 17.1 Å².